The molecule has 2 aliphatic heterocycles. The molecule has 2 aliphatic rings. The molecule has 11 heteroatoms. The van der Waals surface area contributed by atoms with Gasteiger partial charge < -0.3 is 32.9 Å². The Kier molecular flexibility index (Phi) is 15.3. The largest absolute Gasteiger partial charge is 0.466 e. The van der Waals surface area contributed by atoms with Gasteiger partial charge >= 0.3 is 5.97 Å². The number of aliphatic hydroxyl groups excluding tert-OH is 1. The minimum Gasteiger partial charge on any atom is -0.466 e. The molecule has 308 valence electrons. The Morgan fingerprint density at radius 2 is 1.54 bits per heavy atom. The van der Waals surface area contributed by atoms with E-state index in [9.17, 15) is 14.7 Å². The SMILES string of the molecule is CCOC(=O)CC(=O)C[C@H]1[C@H]2OC(C)(C)O[C@H]2O[C@@H]1/C=C(/C)C#CC[C@H](C[C@H](O)CO[Si](C)(C)C(C)(C)C)O[Si](c1ccccc1)(c1ccccc1)C(C)(C)C. The molecule has 0 bridgehead atoms. The molecule has 0 radical (unpaired) electrons. The zero-order valence-electron chi connectivity index (χ0n) is 35.8. The lowest BCUT2D eigenvalue weighted by atomic mass is 9.90. The second kappa shape index (κ2) is 18.8. The summed E-state index contributed by atoms with van der Waals surface area (Å²) in [6.45, 7) is 25.4. The zero-order valence-corrected chi connectivity index (χ0v) is 37.8. The number of hydrogen-bond acceptors (Lipinski definition) is 9. The van der Waals surface area contributed by atoms with Crippen LogP contribution >= 0.6 is 0 Å². The van der Waals surface area contributed by atoms with Crippen molar-refractivity contribution < 1.29 is 42.5 Å². The molecule has 0 aromatic heterocycles. The zero-order chi connectivity index (χ0) is 41.5. The lowest BCUT2D eigenvalue weighted by Crippen LogP contribution is -2.67. The van der Waals surface area contributed by atoms with E-state index in [1.807, 2.05) is 39.0 Å². The van der Waals surface area contributed by atoms with Crippen molar-refractivity contribution in [3.63, 3.8) is 0 Å². The number of hydrogen-bond donors (Lipinski definition) is 1. The summed E-state index contributed by atoms with van der Waals surface area (Å²) in [5, 5.41) is 13.6. The van der Waals surface area contributed by atoms with Crippen molar-refractivity contribution in [1.29, 1.82) is 0 Å². The number of ketones is 1. The number of fused-ring (bicyclic) bond motifs is 1. The molecule has 2 heterocycles. The Hall–Kier alpha value is -2.93. The molecule has 0 saturated carbocycles. The average molecular weight is 807 g/mol. The molecular weight excluding hydrogens is 741 g/mol. The van der Waals surface area contributed by atoms with Crippen LogP contribution in [0.4, 0.5) is 0 Å². The fraction of sp³-hybridized carbons (Fsp3) is 0.600. The predicted molar refractivity (Wildman–Crippen MR) is 225 cm³/mol. The Labute approximate surface area is 338 Å². The molecule has 0 amide bonds. The highest BCUT2D eigenvalue weighted by molar-refractivity contribution is 6.99. The van der Waals surface area contributed by atoms with Crippen LogP contribution in [0.1, 0.15) is 94.9 Å². The standard InChI is InChI=1S/C45H66O9Si2/c1-13-49-40(48)30-33(46)29-38-39(51-42-41(38)52-45(9,10)53-42)27-32(2)21-20-22-35(28-34(47)31-50-55(11,12)43(3,4)5)54-56(44(6,7)8,36-23-16-14-17-24-36)37-25-18-15-19-26-37/h14-19,23-27,34-35,38-39,41-42,47H,13,22,28-31H2,1-12H3/b32-27-/t34-,35+,38+,39+,41+,42+/m0/s1. The van der Waals surface area contributed by atoms with Crippen molar-refractivity contribution in [2.24, 2.45) is 5.92 Å². The molecular formula is C45H66O9Si2. The fourth-order valence-electron chi connectivity index (χ4n) is 7.30. The number of allylic oxidation sites excluding steroid dienone is 1. The minimum atomic E-state index is -2.98. The van der Waals surface area contributed by atoms with Crippen LogP contribution in [-0.2, 0) is 37.4 Å². The molecule has 0 aliphatic carbocycles. The van der Waals surface area contributed by atoms with Gasteiger partial charge in [0.15, 0.2) is 20.4 Å². The number of carbonyl (C=O) groups is 2. The van der Waals surface area contributed by atoms with Crippen molar-refractivity contribution in [1.82, 2.24) is 0 Å². The van der Waals surface area contributed by atoms with E-state index in [1.165, 1.54) is 0 Å². The van der Waals surface area contributed by atoms with Crippen molar-refractivity contribution in [2.45, 2.75) is 155 Å². The van der Waals surface area contributed by atoms with Crippen LogP contribution in [0.2, 0.25) is 23.2 Å². The van der Waals surface area contributed by atoms with E-state index < -0.39 is 59.1 Å². The van der Waals surface area contributed by atoms with Gasteiger partial charge in [-0.3, -0.25) is 9.59 Å². The van der Waals surface area contributed by atoms with Gasteiger partial charge in [-0.25, -0.2) is 0 Å². The quantitative estimate of drug-likeness (QED) is 0.0801. The van der Waals surface area contributed by atoms with Gasteiger partial charge in [0.05, 0.1) is 31.5 Å². The molecule has 2 aromatic rings. The molecule has 56 heavy (non-hydrogen) atoms. The fourth-order valence-corrected chi connectivity index (χ4v) is 13.0. The summed E-state index contributed by atoms with van der Waals surface area (Å²) in [5.74, 6) is 4.69. The minimum absolute atomic E-state index is 0.0101. The first-order chi connectivity index (χ1) is 26.1. The second-order valence-corrected chi connectivity index (χ2v) is 27.2. The second-order valence-electron chi connectivity index (χ2n) is 18.2. The third kappa shape index (κ3) is 11.6. The molecule has 0 spiro atoms. The Balaban J connectivity index is 1.65. The molecule has 9 nitrogen and oxygen atoms in total. The first-order valence-corrected chi connectivity index (χ1v) is 24.9. The van der Waals surface area contributed by atoms with E-state index in [4.69, 9.17) is 27.8 Å². The summed E-state index contributed by atoms with van der Waals surface area (Å²) in [6.07, 6.45) is -0.414. The van der Waals surface area contributed by atoms with Gasteiger partial charge in [0, 0.05) is 25.2 Å². The normalized spacial score (nSPS) is 22.5. The van der Waals surface area contributed by atoms with Crippen LogP contribution in [0.3, 0.4) is 0 Å². The maximum absolute atomic E-state index is 13.0. The summed E-state index contributed by atoms with van der Waals surface area (Å²) >= 11 is 0. The predicted octanol–water partition coefficient (Wildman–Crippen LogP) is 7.45. The Bertz CT molecular complexity index is 1660. The van der Waals surface area contributed by atoms with E-state index in [1.54, 1.807) is 6.92 Å². The van der Waals surface area contributed by atoms with Crippen LogP contribution < -0.4 is 10.4 Å². The molecule has 2 saturated heterocycles. The maximum atomic E-state index is 13.0. The Morgan fingerprint density at radius 3 is 2.07 bits per heavy atom. The van der Waals surface area contributed by atoms with E-state index in [-0.39, 0.29) is 47.8 Å². The lowest BCUT2D eigenvalue weighted by molar-refractivity contribution is -0.205. The molecule has 1 N–H and O–H groups in total. The van der Waals surface area contributed by atoms with Crippen LogP contribution in [0.25, 0.3) is 0 Å². The summed E-state index contributed by atoms with van der Waals surface area (Å²) in [6, 6.07) is 21.0. The van der Waals surface area contributed by atoms with Gasteiger partial charge in [0.1, 0.15) is 18.3 Å². The molecule has 6 atom stereocenters. The van der Waals surface area contributed by atoms with Crippen LogP contribution in [0.5, 0.6) is 0 Å². The lowest BCUT2D eigenvalue weighted by Gasteiger charge is -2.45. The number of Topliss-reactive ketones (excluding diaryl/α,β-unsaturated/α-hetero) is 1. The summed E-state index contributed by atoms with van der Waals surface area (Å²) < 4.78 is 37.5. The Morgan fingerprint density at radius 1 is 0.946 bits per heavy atom. The van der Waals surface area contributed by atoms with Crippen molar-refractivity contribution >= 4 is 38.8 Å². The molecule has 4 rings (SSSR count). The van der Waals surface area contributed by atoms with Gasteiger partial charge in [-0.05, 0) is 72.9 Å². The van der Waals surface area contributed by atoms with Crippen molar-refractivity contribution in [3.8, 4) is 11.8 Å². The summed E-state index contributed by atoms with van der Waals surface area (Å²) in [5.41, 5.74) is 0.753. The number of benzene rings is 2. The summed E-state index contributed by atoms with van der Waals surface area (Å²) in [4.78, 5) is 25.1. The first-order valence-electron chi connectivity index (χ1n) is 20.0. The highest BCUT2D eigenvalue weighted by Crippen LogP contribution is 2.43. The van der Waals surface area contributed by atoms with E-state index in [0.717, 1.165) is 15.9 Å². The number of aliphatic hydroxyl groups is 1. The molecule has 2 aromatic carbocycles. The average Bonchev–Trinajstić information content (AvgIpc) is 3.56. The first kappa shape index (κ1) is 45.8. The molecule has 2 fully saturated rings. The molecule has 0 unspecified atom stereocenters. The number of ether oxygens (including phenoxy) is 4. The van der Waals surface area contributed by atoms with Crippen LogP contribution in [0.15, 0.2) is 72.3 Å². The highest BCUT2D eigenvalue weighted by Gasteiger charge is 2.55. The van der Waals surface area contributed by atoms with E-state index in [0.29, 0.717) is 12.8 Å². The number of carbonyl (C=O) groups excluding carboxylic acids is 2. The topological polar surface area (TPSA) is 110 Å². The third-order valence-corrected chi connectivity index (χ3v) is 20.7. The third-order valence-electron chi connectivity index (χ3n) is 11.1. The van der Waals surface area contributed by atoms with Crippen LogP contribution in [0, 0.1) is 17.8 Å². The number of esters is 1. The van der Waals surface area contributed by atoms with Gasteiger partial charge in [-0.2, -0.15) is 0 Å². The van der Waals surface area contributed by atoms with Crippen molar-refractivity contribution in [3.05, 3.63) is 72.3 Å². The summed E-state index contributed by atoms with van der Waals surface area (Å²) in [7, 11) is -5.09. The smallest absolute Gasteiger partial charge is 0.313 e. The van der Waals surface area contributed by atoms with E-state index in [2.05, 4.69) is 115 Å². The number of rotatable bonds is 16. The maximum Gasteiger partial charge on any atom is 0.313 e. The van der Waals surface area contributed by atoms with Gasteiger partial charge in [0.2, 0.25) is 0 Å². The monoisotopic (exact) mass is 806 g/mol. The highest BCUT2D eigenvalue weighted by atomic mass is 28.4. The van der Waals surface area contributed by atoms with Gasteiger partial charge in [0.25, 0.3) is 8.32 Å². The van der Waals surface area contributed by atoms with E-state index >= 15 is 0 Å². The van der Waals surface area contributed by atoms with Crippen LogP contribution in [-0.4, -0.2) is 83.2 Å². The van der Waals surface area contributed by atoms with Gasteiger partial charge in [-0.15, -0.1) is 0 Å². The van der Waals surface area contributed by atoms with Gasteiger partial charge in [-0.1, -0.05) is 114 Å². The van der Waals surface area contributed by atoms with Crippen molar-refractivity contribution in [2.75, 3.05) is 13.2 Å².